The van der Waals surface area contributed by atoms with E-state index < -0.39 is 0 Å². The molecule has 0 saturated carbocycles. The highest BCUT2D eigenvalue weighted by Crippen LogP contribution is 2.30. The van der Waals surface area contributed by atoms with E-state index in [9.17, 15) is 4.79 Å². The molecule has 1 saturated heterocycles. The molecule has 0 atom stereocenters. The molecule has 148 valence electrons. The van der Waals surface area contributed by atoms with Crippen molar-refractivity contribution >= 4 is 22.7 Å². The van der Waals surface area contributed by atoms with Gasteiger partial charge < -0.3 is 14.2 Å². The molecular weight excluding hydrogens is 366 g/mol. The van der Waals surface area contributed by atoms with Crippen molar-refractivity contribution in [3.8, 4) is 11.5 Å². The van der Waals surface area contributed by atoms with Gasteiger partial charge in [0.1, 0.15) is 5.82 Å². The standard InChI is InChI=1S/C19H27N3O4S/c1-4-27-10-7-22-18(13-21-5-8-26-9-6-21)20-15-12-17(25-3)16(24-2)11-14(15)19(22)23/h11-12H,4-10,13H2,1-3H3. The Bertz CT molecular complexity index is 834. The summed E-state index contributed by atoms with van der Waals surface area (Å²) in [5.41, 5.74) is 0.612. The van der Waals surface area contributed by atoms with Crippen molar-refractivity contribution in [3.05, 3.63) is 28.3 Å². The van der Waals surface area contributed by atoms with Crippen molar-refractivity contribution in [2.24, 2.45) is 0 Å². The monoisotopic (exact) mass is 393 g/mol. The molecule has 2 aromatic rings. The Balaban J connectivity index is 2.05. The molecular formula is C19H27N3O4S. The first-order chi connectivity index (χ1) is 13.2. The van der Waals surface area contributed by atoms with E-state index >= 15 is 0 Å². The maximum atomic E-state index is 13.2. The number of methoxy groups -OCH3 is 2. The molecule has 8 heteroatoms. The van der Waals surface area contributed by atoms with Gasteiger partial charge in [0.15, 0.2) is 11.5 Å². The topological polar surface area (TPSA) is 65.8 Å². The minimum atomic E-state index is -0.0269. The molecule has 0 unspecified atom stereocenters. The fourth-order valence-corrected chi connectivity index (χ4v) is 3.81. The maximum absolute atomic E-state index is 13.2. The SMILES string of the molecule is CCSCCn1c(CN2CCOCC2)nc2cc(OC)c(OC)cc2c1=O. The van der Waals surface area contributed by atoms with Gasteiger partial charge in [0.05, 0.1) is 44.9 Å². The number of ether oxygens (including phenoxy) is 3. The van der Waals surface area contributed by atoms with Crippen LogP contribution in [-0.2, 0) is 17.8 Å². The highest BCUT2D eigenvalue weighted by Gasteiger charge is 2.18. The molecule has 0 radical (unpaired) electrons. The normalized spacial score (nSPS) is 15.2. The third kappa shape index (κ3) is 4.56. The summed E-state index contributed by atoms with van der Waals surface area (Å²) in [7, 11) is 3.15. The Hall–Kier alpha value is -1.77. The van der Waals surface area contributed by atoms with Crippen LogP contribution in [0.2, 0.25) is 0 Å². The number of aromatic nitrogens is 2. The van der Waals surface area contributed by atoms with Crippen LogP contribution in [-0.4, -0.2) is 66.5 Å². The third-order valence-electron chi connectivity index (χ3n) is 4.67. The van der Waals surface area contributed by atoms with Gasteiger partial charge in [0.2, 0.25) is 0 Å². The van der Waals surface area contributed by atoms with E-state index in [1.165, 1.54) is 0 Å². The van der Waals surface area contributed by atoms with Crippen molar-refractivity contribution in [2.75, 3.05) is 52.0 Å². The lowest BCUT2D eigenvalue weighted by Gasteiger charge is -2.27. The van der Waals surface area contributed by atoms with Crippen molar-refractivity contribution < 1.29 is 14.2 Å². The number of benzene rings is 1. The molecule has 0 amide bonds. The summed E-state index contributed by atoms with van der Waals surface area (Å²) >= 11 is 1.82. The second-order valence-electron chi connectivity index (χ2n) is 6.29. The molecule has 1 fully saturated rings. The van der Waals surface area contributed by atoms with Crippen LogP contribution in [0, 0.1) is 0 Å². The summed E-state index contributed by atoms with van der Waals surface area (Å²) in [6, 6.07) is 3.51. The summed E-state index contributed by atoms with van der Waals surface area (Å²) in [5, 5.41) is 0.555. The van der Waals surface area contributed by atoms with Crippen LogP contribution in [0.15, 0.2) is 16.9 Å². The van der Waals surface area contributed by atoms with Crippen LogP contribution in [0.25, 0.3) is 10.9 Å². The lowest BCUT2D eigenvalue weighted by molar-refractivity contribution is 0.0324. The Morgan fingerprint density at radius 2 is 1.89 bits per heavy atom. The predicted octanol–water partition coefficient (Wildman–Crippen LogP) is 2.00. The van der Waals surface area contributed by atoms with Crippen molar-refractivity contribution in [2.45, 2.75) is 20.0 Å². The lowest BCUT2D eigenvalue weighted by atomic mass is 10.2. The predicted molar refractivity (Wildman–Crippen MR) is 108 cm³/mol. The summed E-state index contributed by atoms with van der Waals surface area (Å²) in [4.78, 5) is 20.3. The lowest BCUT2D eigenvalue weighted by Crippen LogP contribution is -2.38. The van der Waals surface area contributed by atoms with Gasteiger partial charge in [0.25, 0.3) is 5.56 Å². The molecule has 7 nitrogen and oxygen atoms in total. The molecule has 3 rings (SSSR count). The first-order valence-corrected chi connectivity index (χ1v) is 10.4. The van der Waals surface area contributed by atoms with E-state index in [-0.39, 0.29) is 5.56 Å². The number of morpholine rings is 1. The zero-order valence-corrected chi connectivity index (χ0v) is 17.0. The van der Waals surface area contributed by atoms with Crippen LogP contribution >= 0.6 is 11.8 Å². The summed E-state index contributed by atoms with van der Waals surface area (Å²) < 4.78 is 18.0. The van der Waals surface area contributed by atoms with Crippen LogP contribution in [0.4, 0.5) is 0 Å². The summed E-state index contributed by atoms with van der Waals surface area (Å²) in [6.07, 6.45) is 0. The first-order valence-electron chi connectivity index (χ1n) is 9.21. The Morgan fingerprint density at radius 1 is 1.19 bits per heavy atom. The van der Waals surface area contributed by atoms with Gasteiger partial charge in [-0.1, -0.05) is 6.92 Å². The molecule has 0 bridgehead atoms. The first kappa shape index (κ1) is 20.0. The fourth-order valence-electron chi connectivity index (χ4n) is 3.20. The number of hydrogen-bond acceptors (Lipinski definition) is 7. The number of nitrogens with zero attached hydrogens (tertiary/aromatic N) is 3. The van der Waals surface area contributed by atoms with Gasteiger partial charge in [-0.25, -0.2) is 4.98 Å². The average molecular weight is 394 g/mol. The van der Waals surface area contributed by atoms with Crippen LogP contribution in [0.1, 0.15) is 12.7 Å². The molecule has 1 aliphatic heterocycles. The minimum Gasteiger partial charge on any atom is -0.493 e. The molecule has 1 aliphatic rings. The van der Waals surface area contributed by atoms with Crippen molar-refractivity contribution in [1.29, 1.82) is 0 Å². The summed E-state index contributed by atoms with van der Waals surface area (Å²) in [6.45, 7) is 6.54. The van der Waals surface area contributed by atoms with Crippen LogP contribution in [0.5, 0.6) is 11.5 Å². The van der Waals surface area contributed by atoms with Crippen molar-refractivity contribution in [3.63, 3.8) is 0 Å². The minimum absolute atomic E-state index is 0.0269. The van der Waals surface area contributed by atoms with Gasteiger partial charge in [0, 0.05) is 31.5 Å². The maximum Gasteiger partial charge on any atom is 0.261 e. The third-order valence-corrected chi connectivity index (χ3v) is 5.55. The molecule has 0 spiro atoms. The molecule has 27 heavy (non-hydrogen) atoms. The molecule has 0 aliphatic carbocycles. The van der Waals surface area contributed by atoms with Gasteiger partial charge in [-0.15, -0.1) is 0 Å². The van der Waals surface area contributed by atoms with Crippen molar-refractivity contribution in [1.82, 2.24) is 14.5 Å². The highest BCUT2D eigenvalue weighted by molar-refractivity contribution is 7.99. The Morgan fingerprint density at radius 3 is 2.56 bits per heavy atom. The second kappa shape index (κ2) is 9.43. The van der Waals surface area contributed by atoms with E-state index in [2.05, 4.69) is 11.8 Å². The smallest absolute Gasteiger partial charge is 0.261 e. The number of thioether (sulfide) groups is 1. The Labute approximate surface area is 163 Å². The van der Waals surface area contributed by atoms with Gasteiger partial charge >= 0.3 is 0 Å². The Kier molecular flexibility index (Phi) is 6.98. The van der Waals surface area contributed by atoms with E-state index in [1.807, 2.05) is 16.3 Å². The number of fused-ring (bicyclic) bond motifs is 1. The quantitative estimate of drug-likeness (QED) is 0.636. The largest absolute Gasteiger partial charge is 0.493 e. The second-order valence-corrected chi connectivity index (χ2v) is 7.69. The molecule has 1 aromatic heterocycles. The van der Waals surface area contributed by atoms with Gasteiger partial charge in [-0.2, -0.15) is 11.8 Å². The summed E-state index contributed by atoms with van der Waals surface area (Å²) in [5.74, 6) is 3.82. The van der Waals surface area contributed by atoms with Crippen LogP contribution < -0.4 is 15.0 Å². The molecule has 0 N–H and O–H groups in total. The fraction of sp³-hybridized carbons (Fsp3) is 0.579. The number of hydrogen-bond donors (Lipinski definition) is 0. The van der Waals surface area contributed by atoms with E-state index in [0.29, 0.717) is 48.7 Å². The van der Waals surface area contributed by atoms with E-state index in [0.717, 1.165) is 30.4 Å². The van der Waals surface area contributed by atoms with Gasteiger partial charge in [-0.05, 0) is 11.8 Å². The highest BCUT2D eigenvalue weighted by atomic mass is 32.2. The molecule has 2 heterocycles. The van der Waals surface area contributed by atoms with Crippen LogP contribution in [0.3, 0.4) is 0 Å². The van der Waals surface area contributed by atoms with Gasteiger partial charge in [-0.3, -0.25) is 14.3 Å². The van der Waals surface area contributed by atoms with E-state index in [4.69, 9.17) is 19.2 Å². The molecule has 1 aromatic carbocycles. The zero-order chi connectivity index (χ0) is 19.2. The average Bonchev–Trinajstić information content (AvgIpc) is 2.70. The van der Waals surface area contributed by atoms with E-state index in [1.54, 1.807) is 26.4 Å². The zero-order valence-electron chi connectivity index (χ0n) is 16.2. The number of rotatable bonds is 8.